The summed E-state index contributed by atoms with van der Waals surface area (Å²) in [6.45, 7) is 0.481. The molecule has 4 aromatic rings. The van der Waals surface area contributed by atoms with E-state index in [-0.39, 0.29) is 12.5 Å². The number of esters is 1. The van der Waals surface area contributed by atoms with Gasteiger partial charge in [0.25, 0.3) is 5.91 Å². The van der Waals surface area contributed by atoms with E-state index in [0.29, 0.717) is 29.2 Å². The lowest BCUT2D eigenvalue weighted by atomic mass is 10.1. The number of rotatable bonds is 8. The third-order valence-electron chi connectivity index (χ3n) is 4.58. The van der Waals surface area contributed by atoms with Crippen LogP contribution < -0.4 is 10.1 Å². The van der Waals surface area contributed by atoms with Crippen molar-refractivity contribution in [3.05, 3.63) is 112 Å². The molecule has 32 heavy (non-hydrogen) atoms. The van der Waals surface area contributed by atoms with Gasteiger partial charge < -0.3 is 14.8 Å². The normalized spacial score (nSPS) is 10.4. The van der Waals surface area contributed by atoms with Crippen molar-refractivity contribution in [2.24, 2.45) is 0 Å². The lowest BCUT2D eigenvalue weighted by molar-refractivity contribution is 0.0474. The van der Waals surface area contributed by atoms with E-state index < -0.39 is 5.97 Å². The maximum Gasteiger partial charge on any atom is 0.340 e. The standard InChI is InChI=1S/C25H20N2O4S/c28-24(19-12-14-32-17-19)27-23-7-2-1-6-22(23)25(29)31-15-18-8-10-21(11-9-18)30-16-20-5-3-4-13-26-20/h1-14,17H,15-16H2,(H,27,28). The summed E-state index contributed by atoms with van der Waals surface area (Å²) in [4.78, 5) is 29.2. The molecule has 0 radical (unpaired) electrons. The van der Waals surface area contributed by atoms with Gasteiger partial charge in [-0.1, -0.05) is 30.3 Å². The van der Waals surface area contributed by atoms with Crippen LogP contribution in [0.25, 0.3) is 0 Å². The Morgan fingerprint density at radius 3 is 2.47 bits per heavy atom. The molecule has 1 N–H and O–H groups in total. The molecule has 2 heterocycles. The predicted octanol–water partition coefficient (Wildman–Crippen LogP) is 5.33. The molecule has 0 aliphatic rings. The number of nitrogens with one attached hydrogen (secondary N) is 1. The van der Waals surface area contributed by atoms with E-state index in [1.807, 2.05) is 47.8 Å². The van der Waals surface area contributed by atoms with Crippen LogP contribution in [0.1, 0.15) is 32.0 Å². The van der Waals surface area contributed by atoms with E-state index in [1.54, 1.807) is 41.9 Å². The van der Waals surface area contributed by atoms with Gasteiger partial charge in [-0.2, -0.15) is 11.3 Å². The fourth-order valence-corrected chi connectivity index (χ4v) is 3.54. The van der Waals surface area contributed by atoms with Gasteiger partial charge in [-0.05, 0) is 53.4 Å². The number of amides is 1. The first-order valence-electron chi connectivity index (χ1n) is 9.90. The van der Waals surface area contributed by atoms with Crippen LogP contribution >= 0.6 is 11.3 Å². The molecule has 0 unspecified atom stereocenters. The van der Waals surface area contributed by atoms with Crippen LogP contribution in [0.4, 0.5) is 5.69 Å². The highest BCUT2D eigenvalue weighted by Crippen LogP contribution is 2.20. The summed E-state index contributed by atoms with van der Waals surface area (Å²) in [5, 5.41) is 6.35. The molecule has 0 aliphatic heterocycles. The number of benzene rings is 2. The number of anilines is 1. The number of pyridine rings is 1. The highest BCUT2D eigenvalue weighted by atomic mass is 32.1. The number of carbonyl (C=O) groups is 2. The molecule has 2 aromatic heterocycles. The van der Waals surface area contributed by atoms with Crippen LogP contribution in [-0.4, -0.2) is 16.9 Å². The quantitative estimate of drug-likeness (QED) is 0.372. The second kappa shape index (κ2) is 10.4. The van der Waals surface area contributed by atoms with E-state index in [4.69, 9.17) is 9.47 Å². The van der Waals surface area contributed by atoms with Gasteiger partial charge in [0.1, 0.15) is 19.0 Å². The fraction of sp³-hybridized carbons (Fsp3) is 0.0800. The summed E-state index contributed by atoms with van der Waals surface area (Å²) in [7, 11) is 0. The highest BCUT2D eigenvalue weighted by Gasteiger charge is 2.15. The number of ether oxygens (including phenoxy) is 2. The third-order valence-corrected chi connectivity index (χ3v) is 5.27. The molecule has 1 amide bonds. The summed E-state index contributed by atoms with van der Waals surface area (Å²) in [5.41, 5.74) is 2.92. The molecule has 160 valence electrons. The molecule has 7 heteroatoms. The number of hydrogen-bond acceptors (Lipinski definition) is 6. The largest absolute Gasteiger partial charge is 0.487 e. The molecule has 0 atom stereocenters. The minimum atomic E-state index is -0.512. The SMILES string of the molecule is O=C(Nc1ccccc1C(=O)OCc1ccc(OCc2ccccn2)cc1)c1ccsc1. The lowest BCUT2D eigenvalue weighted by Gasteiger charge is -2.11. The molecular formula is C25H20N2O4S. The zero-order valence-corrected chi connectivity index (χ0v) is 17.9. The van der Waals surface area contributed by atoms with Gasteiger partial charge in [-0.25, -0.2) is 4.79 Å². The van der Waals surface area contributed by atoms with Crippen molar-refractivity contribution >= 4 is 28.9 Å². The Labute approximate surface area is 189 Å². The zero-order chi connectivity index (χ0) is 22.2. The average Bonchev–Trinajstić information content (AvgIpc) is 3.38. The minimum absolute atomic E-state index is 0.103. The minimum Gasteiger partial charge on any atom is -0.487 e. The topological polar surface area (TPSA) is 77.5 Å². The van der Waals surface area contributed by atoms with Crippen molar-refractivity contribution in [2.75, 3.05) is 5.32 Å². The van der Waals surface area contributed by atoms with Crippen LogP contribution in [0, 0.1) is 0 Å². The maximum atomic E-state index is 12.6. The fourth-order valence-electron chi connectivity index (χ4n) is 2.91. The first kappa shape index (κ1) is 21.3. The number of carbonyl (C=O) groups excluding carboxylic acids is 2. The first-order valence-corrected chi connectivity index (χ1v) is 10.8. The monoisotopic (exact) mass is 444 g/mol. The van der Waals surface area contributed by atoms with Crippen LogP contribution in [0.5, 0.6) is 5.75 Å². The van der Waals surface area contributed by atoms with Crippen molar-refractivity contribution < 1.29 is 19.1 Å². The van der Waals surface area contributed by atoms with Crippen molar-refractivity contribution in [3.63, 3.8) is 0 Å². The summed E-state index contributed by atoms with van der Waals surface area (Å²) in [6, 6.07) is 21.5. The molecule has 2 aromatic carbocycles. The molecule has 0 fully saturated rings. The number of nitrogens with zero attached hydrogens (tertiary/aromatic N) is 1. The molecule has 0 saturated heterocycles. The number of thiophene rings is 1. The third kappa shape index (κ3) is 5.59. The molecule has 0 aliphatic carbocycles. The van der Waals surface area contributed by atoms with Crippen LogP contribution in [-0.2, 0) is 18.0 Å². The van der Waals surface area contributed by atoms with Gasteiger partial charge in [-0.3, -0.25) is 9.78 Å². The van der Waals surface area contributed by atoms with Crippen molar-refractivity contribution in [1.29, 1.82) is 0 Å². The van der Waals surface area contributed by atoms with Gasteiger partial charge >= 0.3 is 5.97 Å². The summed E-state index contributed by atoms with van der Waals surface area (Å²) < 4.78 is 11.2. The number of para-hydroxylation sites is 1. The Hall–Kier alpha value is -3.97. The van der Waals surface area contributed by atoms with E-state index >= 15 is 0 Å². The van der Waals surface area contributed by atoms with Crippen LogP contribution in [0.2, 0.25) is 0 Å². The van der Waals surface area contributed by atoms with E-state index in [0.717, 1.165) is 11.3 Å². The van der Waals surface area contributed by atoms with Gasteiger partial charge in [0.15, 0.2) is 0 Å². The Morgan fingerprint density at radius 1 is 0.906 bits per heavy atom. The maximum absolute atomic E-state index is 12.6. The summed E-state index contributed by atoms with van der Waals surface area (Å²) in [5.74, 6) is -0.0818. The van der Waals surface area contributed by atoms with Gasteiger partial charge in [0, 0.05) is 11.6 Å². The van der Waals surface area contributed by atoms with E-state index in [2.05, 4.69) is 10.3 Å². The second-order valence-electron chi connectivity index (χ2n) is 6.84. The molecule has 0 saturated carbocycles. The Kier molecular flexibility index (Phi) is 6.89. The van der Waals surface area contributed by atoms with E-state index in [9.17, 15) is 9.59 Å². The van der Waals surface area contributed by atoms with Gasteiger partial charge in [0.05, 0.1) is 22.5 Å². The van der Waals surface area contributed by atoms with Crippen molar-refractivity contribution in [1.82, 2.24) is 4.98 Å². The smallest absolute Gasteiger partial charge is 0.340 e. The first-order chi connectivity index (χ1) is 15.7. The van der Waals surface area contributed by atoms with Crippen LogP contribution in [0.3, 0.4) is 0 Å². The van der Waals surface area contributed by atoms with Crippen LogP contribution in [0.15, 0.2) is 89.8 Å². The molecular weight excluding hydrogens is 424 g/mol. The van der Waals surface area contributed by atoms with Crippen molar-refractivity contribution in [2.45, 2.75) is 13.2 Å². The molecule has 6 nitrogen and oxygen atoms in total. The summed E-state index contributed by atoms with van der Waals surface area (Å²) in [6.07, 6.45) is 1.72. The molecule has 4 rings (SSSR count). The molecule has 0 bridgehead atoms. The van der Waals surface area contributed by atoms with E-state index in [1.165, 1.54) is 11.3 Å². The Bertz CT molecular complexity index is 1180. The van der Waals surface area contributed by atoms with Gasteiger partial charge in [0.2, 0.25) is 0 Å². The Morgan fingerprint density at radius 2 is 1.72 bits per heavy atom. The second-order valence-corrected chi connectivity index (χ2v) is 7.62. The zero-order valence-electron chi connectivity index (χ0n) is 17.1. The summed E-state index contributed by atoms with van der Waals surface area (Å²) >= 11 is 1.43. The predicted molar refractivity (Wildman–Crippen MR) is 123 cm³/mol. The number of hydrogen-bond donors (Lipinski definition) is 1. The number of aromatic nitrogens is 1. The average molecular weight is 445 g/mol. The lowest BCUT2D eigenvalue weighted by Crippen LogP contribution is -2.15. The van der Waals surface area contributed by atoms with Gasteiger partial charge in [-0.15, -0.1) is 0 Å². The molecule has 0 spiro atoms. The highest BCUT2D eigenvalue weighted by molar-refractivity contribution is 7.08. The van der Waals surface area contributed by atoms with Crippen molar-refractivity contribution in [3.8, 4) is 5.75 Å². The Balaban J connectivity index is 1.33.